The van der Waals surface area contributed by atoms with E-state index in [1.807, 2.05) is 13.8 Å². The van der Waals surface area contributed by atoms with Crippen LogP contribution in [0.1, 0.15) is 46.5 Å². The molecule has 0 radical (unpaired) electrons. The Morgan fingerprint density at radius 1 is 1.10 bits per heavy atom. The predicted molar refractivity (Wildman–Crippen MR) is 102 cm³/mol. The normalized spacial score (nSPS) is 50.2. The molecule has 0 amide bonds. The molecule has 4 rings (SSSR count). The van der Waals surface area contributed by atoms with E-state index in [9.17, 15) is 25.5 Å². The highest BCUT2D eigenvalue weighted by atomic mass is 16.7. The van der Waals surface area contributed by atoms with E-state index in [0.717, 1.165) is 31.3 Å². The number of aliphatic hydroxyl groups is 5. The molecule has 0 aromatic rings. The van der Waals surface area contributed by atoms with Gasteiger partial charge in [0.1, 0.15) is 24.4 Å². The third kappa shape index (κ3) is 3.29. The molecule has 3 fully saturated rings. The van der Waals surface area contributed by atoms with Crippen molar-refractivity contribution in [3.63, 3.8) is 0 Å². The average molecular weight is 414 g/mol. The molecular formula is C21H34O8. The molecule has 8 heteroatoms. The van der Waals surface area contributed by atoms with Crippen molar-refractivity contribution < 1.29 is 39.7 Å². The van der Waals surface area contributed by atoms with Gasteiger partial charge in [-0.2, -0.15) is 0 Å². The third-order valence-electron chi connectivity index (χ3n) is 7.72. The van der Waals surface area contributed by atoms with Crippen molar-refractivity contribution in [3.8, 4) is 0 Å². The Kier molecular flexibility index (Phi) is 5.40. The molecular weight excluding hydrogens is 380 g/mol. The van der Waals surface area contributed by atoms with E-state index < -0.39 is 49.0 Å². The maximum atomic E-state index is 10.7. The van der Waals surface area contributed by atoms with Crippen molar-refractivity contribution in [2.24, 2.45) is 11.3 Å². The fourth-order valence-electron chi connectivity index (χ4n) is 5.65. The molecule has 29 heavy (non-hydrogen) atoms. The van der Waals surface area contributed by atoms with E-state index in [0.29, 0.717) is 6.61 Å². The van der Waals surface area contributed by atoms with E-state index in [-0.39, 0.29) is 16.9 Å². The highest BCUT2D eigenvalue weighted by Gasteiger charge is 2.60. The molecule has 2 bridgehead atoms. The molecule has 1 saturated carbocycles. The van der Waals surface area contributed by atoms with Gasteiger partial charge in [-0.25, -0.2) is 0 Å². The summed E-state index contributed by atoms with van der Waals surface area (Å²) < 4.78 is 17.8. The van der Waals surface area contributed by atoms with E-state index >= 15 is 0 Å². The average Bonchev–Trinajstić information content (AvgIpc) is 2.93. The lowest BCUT2D eigenvalue weighted by Crippen LogP contribution is -2.61. The fourth-order valence-corrected chi connectivity index (χ4v) is 5.65. The Labute approximate surface area is 171 Å². The van der Waals surface area contributed by atoms with Gasteiger partial charge in [0.05, 0.1) is 30.5 Å². The van der Waals surface area contributed by atoms with Gasteiger partial charge in [0.15, 0.2) is 6.29 Å². The van der Waals surface area contributed by atoms with E-state index in [2.05, 4.69) is 13.0 Å². The van der Waals surface area contributed by atoms with Crippen LogP contribution in [0.3, 0.4) is 0 Å². The second-order valence-electron chi connectivity index (χ2n) is 9.87. The molecule has 2 heterocycles. The smallest absolute Gasteiger partial charge is 0.187 e. The van der Waals surface area contributed by atoms with Crippen LogP contribution in [-0.4, -0.2) is 86.8 Å². The summed E-state index contributed by atoms with van der Waals surface area (Å²) in [7, 11) is 0. The molecule has 2 aliphatic carbocycles. The highest BCUT2D eigenvalue weighted by Crippen LogP contribution is 2.59. The summed E-state index contributed by atoms with van der Waals surface area (Å²) in [6.07, 6.45) is -1.62. The first kappa shape index (κ1) is 21.6. The zero-order valence-corrected chi connectivity index (χ0v) is 17.3. The summed E-state index contributed by atoms with van der Waals surface area (Å²) in [6, 6.07) is 0. The van der Waals surface area contributed by atoms with Crippen LogP contribution in [0.4, 0.5) is 0 Å². The molecule has 2 aliphatic heterocycles. The van der Waals surface area contributed by atoms with Gasteiger partial charge < -0.3 is 39.7 Å². The fraction of sp³-hybridized carbons (Fsp3) is 0.905. The largest absolute Gasteiger partial charge is 0.394 e. The first-order valence-electron chi connectivity index (χ1n) is 10.6. The van der Waals surface area contributed by atoms with Crippen LogP contribution >= 0.6 is 0 Å². The Bertz CT molecular complexity index is 663. The third-order valence-corrected chi connectivity index (χ3v) is 7.72. The molecule has 5 N–H and O–H groups in total. The summed E-state index contributed by atoms with van der Waals surface area (Å²) in [5.41, 5.74) is -0.286. The Morgan fingerprint density at radius 2 is 1.83 bits per heavy atom. The second-order valence-corrected chi connectivity index (χ2v) is 9.87. The number of aliphatic hydroxyl groups excluding tert-OH is 5. The van der Waals surface area contributed by atoms with Gasteiger partial charge in [-0.3, -0.25) is 0 Å². The van der Waals surface area contributed by atoms with Crippen molar-refractivity contribution in [2.45, 2.75) is 94.5 Å². The maximum absolute atomic E-state index is 10.7. The Morgan fingerprint density at radius 3 is 2.52 bits per heavy atom. The molecule has 0 unspecified atom stereocenters. The first-order chi connectivity index (χ1) is 13.5. The summed E-state index contributed by atoms with van der Waals surface area (Å²) in [5, 5.41) is 50.5. The molecule has 0 aromatic carbocycles. The SMILES string of the molecule is CC(C)(O[C@@H]1O[C@H](CO)[C@H](O)[C@H](O)[C@H]1O)[C@H]1C=C2[C@@]3(CC1)CO[C@]2(C)CC[C@@H]3O. The quantitative estimate of drug-likeness (QED) is 0.402. The van der Waals surface area contributed by atoms with Gasteiger partial charge >= 0.3 is 0 Å². The van der Waals surface area contributed by atoms with Gasteiger partial charge in [-0.15, -0.1) is 0 Å². The minimum absolute atomic E-state index is 0.00989. The molecule has 8 nitrogen and oxygen atoms in total. The lowest BCUT2D eigenvalue weighted by atomic mass is 9.58. The van der Waals surface area contributed by atoms with Crippen LogP contribution < -0.4 is 0 Å². The number of hydrogen-bond donors (Lipinski definition) is 5. The number of hydrogen-bond acceptors (Lipinski definition) is 8. The second kappa shape index (κ2) is 7.24. The molecule has 9 atom stereocenters. The standard InChI is InChI=1S/C21H34O8/c1-19(2,29-18-17(26)16(25)15(24)12(9-22)28-18)11-4-7-21-10-27-20(3,13(21)8-11)6-5-14(21)23/h8,11-12,14-18,22-26H,4-7,9-10H2,1-3H3/t11-,12-,14+,15+,16+,17-,18+,20-,21-/m1/s1. The lowest BCUT2D eigenvalue weighted by Gasteiger charge is -2.49. The van der Waals surface area contributed by atoms with Crippen LogP contribution in [0.25, 0.3) is 0 Å². The van der Waals surface area contributed by atoms with Crippen LogP contribution in [0.15, 0.2) is 11.6 Å². The van der Waals surface area contributed by atoms with Crippen molar-refractivity contribution in [3.05, 3.63) is 11.6 Å². The van der Waals surface area contributed by atoms with Crippen LogP contribution in [0, 0.1) is 11.3 Å². The van der Waals surface area contributed by atoms with Gasteiger partial charge in [0.2, 0.25) is 0 Å². The minimum atomic E-state index is -1.47. The van der Waals surface area contributed by atoms with Crippen LogP contribution in [0.5, 0.6) is 0 Å². The van der Waals surface area contributed by atoms with E-state index in [1.165, 1.54) is 0 Å². The predicted octanol–water partition coefficient (Wildman–Crippen LogP) is -0.152. The zero-order valence-electron chi connectivity index (χ0n) is 17.3. The van der Waals surface area contributed by atoms with Crippen molar-refractivity contribution in [2.75, 3.05) is 13.2 Å². The lowest BCUT2D eigenvalue weighted by molar-refractivity contribution is -0.327. The van der Waals surface area contributed by atoms with Gasteiger partial charge in [0, 0.05) is 11.3 Å². The first-order valence-corrected chi connectivity index (χ1v) is 10.6. The maximum Gasteiger partial charge on any atom is 0.187 e. The molecule has 2 saturated heterocycles. The van der Waals surface area contributed by atoms with E-state index in [1.54, 1.807) is 0 Å². The zero-order chi connectivity index (χ0) is 21.2. The number of ether oxygens (including phenoxy) is 3. The number of rotatable bonds is 4. The van der Waals surface area contributed by atoms with E-state index in [4.69, 9.17) is 14.2 Å². The molecule has 166 valence electrons. The van der Waals surface area contributed by atoms with Crippen LogP contribution in [0.2, 0.25) is 0 Å². The summed E-state index contributed by atoms with van der Waals surface area (Å²) in [6.45, 7) is 5.93. The minimum Gasteiger partial charge on any atom is -0.394 e. The summed E-state index contributed by atoms with van der Waals surface area (Å²) >= 11 is 0. The van der Waals surface area contributed by atoms with Crippen molar-refractivity contribution in [1.29, 1.82) is 0 Å². The monoisotopic (exact) mass is 414 g/mol. The van der Waals surface area contributed by atoms with Gasteiger partial charge in [-0.05, 0) is 52.0 Å². The highest BCUT2D eigenvalue weighted by molar-refractivity contribution is 5.36. The molecule has 0 spiro atoms. The van der Waals surface area contributed by atoms with Gasteiger partial charge in [-0.1, -0.05) is 6.08 Å². The Hall–Kier alpha value is -0.580. The van der Waals surface area contributed by atoms with Crippen LogP contribution in [-0.2, 0) is 14.2 Å². The topological polar surface area (TPSA) is 129 Å². The molecule has 4 aliphatic rings. The summed E-state index contributed by atoms with van der Waals surface area (Å²) in [4.78, 5) is 0. The van der Waals surface area contributed by atoms with Crippen molar-refractivity contribution >= 4 is 0 Å². The Balaban J connectivity index is 1.56. The molecule has 0 aromatic heterocycles. The summed E-state index contributed by atoms with van der Waals surface area (Å²) in [5.74, 6) is -0.00989. The van der Waals surface area contributed by atoms with Gasteiger partial charge in [0.25, 0.3) is 0 Å². The van der Waals surface area contributed by atoms with Crippen molar-refractivity contribution in [1.82, 2.24) is 0 Å².